The van der Waals surface area contributed by atoms with Gasteiger partial charge in [0.15, 0.2) is 0 Å². The van der Waals surface area contributed by atoms with Crippen molar-refractivity contribution in [3.05, 3.63) is 94.8 Å². The Kier molecular flexibility index (Phi) is 4.87. The Morgan fingerprint density at radius 1 is 0.897 bits per heavy atom. The van der Waals surface area contributed by atoms with E-state index in [2.05, 4.69) is 5.32 Å². The lowest BCUT2D eigenvalue weighted by Crippen LogP contribution is -2.12. The molecular weight excluding hydrogens is 364 g/mol. The first-order valence-electron chi connectivity index (χ1n) is 9.23. The lowest BCUT2D eigenvalue weighted by molar-refractivity contribution is 0.102. The van der Waals surface area contributed by atoms with Gasteiger partial charge in [0.05, 0.1) is 5.56 Å². The Bertz CT molecular complexity index is 1220. The minimum absolute atomic E-state index is 0.209. The van der Waals surface area contributed by atoms with E-state index in [9.17, 15) is 9.59 Å². The summed E-state index contributed by atoms with van der Waals surface area (Å²) in [7, 11) is 3.93. The molecule has 3 aromatic carbocycles. The van der Waals surface area contributed by atoms with Crippen LogP contribution < -0.4 is 15.8 Å². The van der Waals surface area contributed by atoms with Crippen molar-refractivity contribution < 1.29 is 9.21 Å². The maximum absolute atomic E-state index is 12.5. The van der Waals surface area contributed by atoms with Crippen molar-refractivity contribution in [3.8, 4) is 11.1 Å². The molecule has 0 aliphatic carbocycles. The van der Waals surface area contributed by atoms with E-state index in [0.717, 1.165) is 16.8 Å². The highest BCUT2D eigenvalue weighted by molar-refractivity contribution is 6.04. The third-order valence-electron chi connectivity index (χ3n) is 4.74. The molecule has 1 N–H and O–H groups in total. The fourth-order valence-corrected chi connectivity index (χ4v) is 3.11. The molecule has 1 heterocycles. The van der Waals surface area contributed by atoms with Crippen molar-refractivity contribution in [3.63, 3.8) is 0 Å². The van der Waals surface area contributed by atoms with E-state index < -0.39 is 5.63 Å². The number of carbonyl (C=O) groups excluding carboxylic acids is 1. The second-order valence-corrected chi connectivity index (χ2v) is 6.96. The third-order valence-corrected chi connectivity index (χ3v) is 4.74. The van der Waals surface area contributed by atoms with Crippen LogP contribution in [-0.2, 0) is 0 Å². The van der Waals surface area contributed by atoms with Crippen molar-refractivity contribution in [2.24, 2.45) is 0 Å². The number of amides is 1. The molecular formula is C24H20N2O3. The van der Waals surface area contributed by atoms with Crippen LogP contribution >= 0.6 is 0 Å². The van der Waals surface area contributed by atoms with Crippen LogP contribution in [0.3, 0.4) is 0 Å². The topological polar surface area (TPSA) is 62.6 Å². The van der Waals surface area contributed by atoms with Crippen LogP contribution in [0.1, 0.15) is 10.4 Å². The number of hydrogen-bond acceptors (Lipinski definition) is 4. The summed E-state index contributed by atoms with van der Waals surface area (Å²) in [4.78, 5) is 26.8. The van der Waals surface area contributed by atoms with Crippen LogP contribution in [0.4, 0.5) is 11.4 Å². The van der Waals surface area contributed by atoms with Crippen LogP contribution in [-0.4, -0.2) is 20.0 Å². The highest BCUT2D eigenvalue weighted by atomic mass is 16.4. The predicted octanol–water partition coefficient (Wildman–Crippen LogP) is 4.78. The molecule has 0 aliphatic rings. The quantitative estimate of drug-likeness (QED) is 0.515. The molecule has 0 aliphatic heterocycles. The smallest absolute Gasteiger partial charge is 0.344 e. The molecule has 144 valence electrons. The molecule has 0 saturated carbocycles. The largest absolute Gasteiger partial charge is 0.422 e. The number of benzene rings is 3. The zero-order valence-electron chi connectivity index (χ0n) is 16.2. The molecule has 0 unspecified atom stereocenters. The van der Waals surface area contributed by atoms with Gasteiger partial charge in [-0.2, -0.15) is 0 Å². The van der Waals surface area contributed by atoms with Crippen LogP contribution in [0.2, 0.25) is 0 Å². The molecule has 0 atom stereocenters. The summed E-state index contributed by atoms with van der Waals surface area (Å²) in [5, 5.41) is 3.73. The summed E-state index contributed by atoms with van der Waals surface area (Å²) < 4.78 is 5.39. The normalized spacial score (nSPS) is 10.7. The average molecular weight is 384 g/mol. The summed E-state index contributed by atoms with van der Waals surface area (Å²) >= 11 is 0. The van der Waals surface area contributed by atoms with Crippen LogP contribution in [0.15, 0.2) is 88.1 Å². The number of nitrogens with one attached hydrogen (secondary N) is 1. The zero-order chi connectivity index (χ0) is 20.4. The SMILES string of the molecule is CN(C)c1ccc(NC(=O)c2ccc(-c3cc4ccccc4oc3=O)cc2)cc1. The van der Waals surface area contributed by atoms with E-state index in [-0.39, 0.29) is 5.91 Å². The van der Waals surface area contributed by atoms with E-state index in [4.69, 9.17) is 4.42 Å². The Morgan fingerprint density at radius 2 is 1.59 bits per heavy atom. The van der Waals surface area contributed by atoms with E-state index in [0.29, 0.717) is 22.3 Å². The van der Waals surface area contributed by atoms with Gasteiger partial charge in [0.1, 0.15) is 5.58 Å². The van der Waals surface area contributed by atoms with Gasteiger partial charge >= 0.3 is 5.63 Å². The molecule has 0 saturated heterocycles. The second-order valence-electron chi connectivity index (χ2n) is 6.96. The predicted molar refractivity (Wildman–Crippen MR) is 117 cm³/mol. The van der Waals surface area contributed by atoms with Crippen LogP contribution in [0.25, 0.3) is 22.1 Å². The summed E-state index contributed by atoms with van der Waals surface area (Å²) in [6, 6.07) is 23.7. The molecule has 5 nitrogen and oxygen atoms in total. The van der Waals surface area contributed by atoms with Crippen molar-refractivity contribution in [2.75, 3.05) is 24.3 Å². The zero-order valence-corrected chi connectivity index (χ0v) is 16.2. The first-order chi connectivity index (χ1) is 14.0. The summed E-state index contributed by atoms with van der Waals surface area (Å²) in [5.74, 6) is -0.209. The van der Waals surface area contributed by atoms with Crippen LogP contribution in [0.5, 0.6) is 0 Å². The molecule has 0 fully saturated rings. The monoisotopic (exact) mass is 384 g/mol. The first kappa shape index (κ1) is 18.5. The summed E-state index contributed by atoms with van der Waals surface area (Å²) in [5.41, 5.74) is 3.61. The minimum Gasteiger partial charge on any atom is -0.422 e. The lowest BCUT2D eigenvalue weighted by Gasteiger charge is -2.13. The van der Waals surface area contributed by atoms with Gasteiger partial charge in [-0.3, -0.25) is 4.79 Å². The molecule has 0 bridgehead atoms. The van der Waals surface area contributed by atoms with Crippen molar-refractivity contribution in [1.29, 1.82) is 0 Å². The fraction of sp³-hybridized carbons (Fsp3) is 0.0833. The second kappa shape index (κ2) is 7.64. The third kappa shape index (κ3) is 3.89. The Hall–Kier alpha value is -3.86. The van der Waals surface area contributed by atoms with E-state index in [1.807, 2.05) is 67.5 Å². The van der Waals surface area contributed by atoms with Crippen LogP contribution in [0, 0.1) is 0 Å². The lowest BCUT2D eigenvalue weighted by atomic mass is 10.0. The van der Waals surface area contributed by atoms with Gasteiger partial charge in [-0.15, -0.1) is 0 Å². The van der Waals surface area contributed by atoms with Gasteiger partial charge in [-0.25, -0.2) is 4.79 Å². The first-order valence-corrected chi connectivity index (χ1v) is 9.23. The summed E-state index contributed by atoms with van der Waals surface area (Å²) in [6.45, 7) is 0. The van der Waals surface area contributed by atoms with Crippen molar-refractivity contribution in [2.45, 2.75) is 0 Å². The number of anilines is 2. The molecule has 0 radical (unpaired) electrons. The maximum atomic E-state index is 12.5. The van der Waals surface area contributed by atoms with Gasteiger partial charge in [-0.1, -0.05) is 30.3 Å². The number of para-hydroxylation sites is 1. The highest BCUT2D eigenvalue weighted by Gasteiger charge is 2.10. The Balaban J connectivity index is 1.55. The van der Waals surface area contributed by atoms with Crippen molar-refractivity contribution >= 4 is 28.3 Å². The van der Waals surface area contributed by atoms with E-state index in [1.165, 1.54) is 0 Å². The molecule has 1 amide bonds. The standard InChI is InChI=1S/C24H20N2O3/c1-26(2)20-13-11-19(12-14-20)25-23(27)17-9-7-16(8-10-17)21-15-18-5-3-4-6-22(18)29-24(21)28/h3-15H,1-2H3,(H,25,27). The Labute approximate surface area is 168 Å². The van der Waals surface area contributed by atoms with Gasteiger partial charge < -0.3 is 14.6 Å². The van der Waals surface area contributed by atoms with Gasteiger partial charge in [0.2, 0.25) is 0 Å². The molecule has 4 aromatic rings. The van der Waals surface area contributed by atoms with Gasteiger partial charge in [0, 0.05) is 36.4 Å². The van der Waals surface area contributed by atoms with E-state index in [1.54, 1.807) is 30.3 Å². The van der Waals surface area contributed by atoms with Crippen molar-refractivity contribution in [1.82, 2.24) is 0 Å². The molecule has 29 heavy (non-hydrogen) atoms. The molecule has 5 heteroatoms. The average Bonchev–Trinajstić information content (AvgIpc) is 2.74. The number of nitrogens with zero attached hydrogens (tertiary/aromatic N) is 1. The van der Waals surface area contributed by atoms with Gasteiger partial charge in [-0.05, 0) is 54.1 Å². The number of carbonyl (C=O) groups is 1. The number of rotatable bonds is 4. The number of fused-ring (bicyclic) bond motifs is 1. The molecule has 4 rings (SSSR count). The number of hydrogen-bond donors (Lipinski definition) is 1. The summed E-state index contributed by atoms with van der Waals surface area (Å²) in [6.07, 6.45) is 0. The highest BCUT2D eigenvalue weighted by Crippen LogP contribution is 2.22. The maximum Gasteiger partial charge on any atom is 0.344 e. The Morgan fingerprint density at radius 3 is 2.28 bits per heavy atom. The minimum atomic E-state index is -0.401. The molecule has 0 spiro atoms. The van der Waals surface area contributed by atoms with Gasteiger partial charge in [0.25, 0.3) is 5.91 Å². The van der Waals surface area contributed by atoms with E-state index >= 15 is 0 Å². The fourth-order valence-electron chi connectivity index (χ4n) is 3.11. The molecule has 1 aromatic heterocycles.